The number of rotatable bonds is 3. The molecule has 1 aliphatic rings. The zero-order chi connectivity index (χ0) is 19.1. The molecule has 6 nitrogen and oxygen atoms in total. The summed E-state index contributed by atoms with van der Waals surface area (Å²) in [6, 6.07) is 2.33. The quantitative estimate of drug-likeness (QED) is 0.641. The second-order valence-corrected chi connectivity index (χ2v) is 7.54. The van der Waals surface area contributed by atoms with Gasteiger partial charge in [-0.2, -0.15) is 4.73 Å². The van der Waals surface area contributed by atoms with Crippen molar-refractivity contribution in [3.8, 4) is 11.1 Å². The fourth-order valence-corrected chi connectivity index (χ4v) is 3.77. The highest BCUT2D eigenvalue weighted by atomic mass is 32.2. The van der Waals surface area contributed by atoms with E-state index in [1.807, 2.05) is 0 Å². The average Bonchev–Trinajstić information content (AvgIpc) is 2.85. The Kier molecular flexibility index (Phi) is 4.45. The monoisotopic (exact) mass is 384 g/mol. The Morgan fingerprint density at radius 1 is 1.19 bits per heavy atom. The fraction of sp³-hybridized carbons (Fsp3) is 0.125. The minimum absolute atomic E-state index is 0.0973. The number of hydrogen-bond acceptors (Lipinski definition) is 4. The summed E-state index contributed by atoms with van der Waals surface area (Å²) < 4.78 is 63.3. The highest BCUT2D eigenvalue weighted by molar-refractivity contribution is 7.94. The number of carbonyl (C=O) groups excluding carboxylic acids is 1. The molecule has 1 amide bonds. The van der Waals surface area contributed by atoms with E-state index in [0.717, 1.165) is 23.7 Å². The molecule has 1 aromatic carbocycles. The summed E-state index contributed by atoms with van der Waals surface area (Å²) in [5, 5.41) is 15.4. The second-order valence-electron chi connectivity index (χ2n) is 5.61. The number of pyridine rings is 1. The van der Waals surface area contributed by atoms with E-state index in [2.05, 4.69) is 5.32 Å². The third-order valence-electron chi connectivity index (χ3n) is 3.69. The van der Waals surface area contributed by atoms with Gasteiger partial charge in [0.15, 0.2) is 16.0 Å². The van der Waals surface area contributed by atoms with Gasteiger partial charge in [0, 0.05) is 23.6 Å². The van der Waals surface area contributed by atoms with Crippen molar-refractivity contribution in [2.75, 3.05) is 5.75 Å². The first-order valence-corrected chi connectivity index (χ1v) is 8.98. The van der Waals surface area contributed by atoms with Crippen molar-refractivity contribution < 1.29 is 31.1 Å². The number of aromatic nitrogens is 1. The third-order valence-corrected chi connectivity index (χ3v) is 5.08. The topological polar surface area (TPSA) is 90.2 Å². The lowest BCUT2D eigenvalue weighted by Crippen LogP contribution is -2.43. The largest absolute Gasteiger partial charge is 0.618 e. The molecule has 0 bridgehead atoms. The maximum atomic E-state index is 13.8. The Morgan fingerprint density at radius 2 is 1.85 bits per heavy atom. The standard InChI is InChI=1S/C16H11F3N2O4S/c17-10-5-12(18)15(13(19)6-10)9-1-2-14(21(23)7-9)16(22)20-11-3-4-26(24,25)8-11/h1-7,11H,8H2,(H,20,22)/t11-/m1/s1. The smallest absolute Gasteiger partial charge is 0.317 e. The molecule has 1 N–H and O–H groups in total. The van der Waals surface area contributed by atoms with Gasteiger partial charge in [-0.3, -0.25) is 4.79 Å². The SMILES string of the molecule is O=C(N[C@@H]1C=CS(=O)(=O)C1)c1ccc(-c2c(F)cc(F)cc2F)c[n+]1[O-]. The van der Waals surface area contributed by atoms with Crippen molar-refractivity contribution in [3.63, 3.8) is 0 Å². The maximum absolute atomic E-state index is 13.8. The molecule has 0 unspecified atom stereocenters. The van der Waals surface area contributed by atoms with Gasteiger partial charge in [-0.25, -0.2) is 21.6 Å². The van der Waals surface area contributed by atoms with E-state index in [1.165, 1.54) is 6.08 Å². The lowest BCUT2D eigenvalue weighted by atomic mass is 10.1. The summed E-state index contributed by atoms with van der Waals surface area (Å²) in [6.07, 6.45) is 2.05. The van der Waals surface area contributed by atoms with Crippen LogP contribution >= 0.6 is 0 Å². The van der Waals surface area contributed by atoms with Gasteiger partial charge in [-0.05, 0) is 12.1 Å². The molecule has 3 rings (SSSR count). The third kappa shape index (κ3) is 3.54. The molecular weight excluding hydrogens is 373 g/mol. The number of hydrogen-bond donors (Lipinski definition) is 1. The molecule has 2 heterocycles. The summed E-state index contributed by atoms with van der Waals surface area (Å²) in [4.78, 5) is 12.1. The van der Waals surface area contributed by atoms with Crippen molar-refractivity contribution in [1.82, 2.24) is 5.32 Å². The zero-order valence-corrected chi connectivity index (χ0v) is 13.8. The van der Waals surface area contributed by atoms with Gasteiger partial charge in [0.1, 0.15) is 17.5 Å². The van der Waals surface area contributed by atoms with Crippen LogP contribution in [-0.2, 0) is 9.84 Å². The predicted octanol–water partition coefficient (Wildman–Crippen LogP) is 1.44. The Morgan fingerprint density at radius 3 is 2.38 bits per heavy atom. The predicted molar refractivity (Wildman–Crippen MR) is 84.9 cm³/mol. The number of halogens is 3. The zero-order valence-electron chi connectivity index (χ0n) is 12.9. The molecule has 136 valence electrons. The summed E-state index contributed by atoms with van der Waals surface area (Å²) in [6.45, 7) is 0. The Hall–Kier alpha value is -2.88. The highest BCUT2D eigenvalue weighted by Gasteiger charge is 2.26. The first-order chi connectivity index (χ1) is 12.2. The Bertz CT molecular complexity index is 1010. The van der Waals surface area contributed by atoms with Gasteiger partial charge in [0.05, 0.1) is 22.9 Å². The molecule has 0 spiro atoms. The maximum Gasteiger partial charge on any atom is 0.317 e. The number of amides is 1. The molecule has 26 heavy (non-hydrogen) atoms. The van der Waals surface area contributed by atoms with Gasteiger partial charge in [0.25, 0.3) is 5.69 Å². The van der Waals surface area contributed by atoms with Crippen LogP contribution in [0.3, 0.4) is 0 Å². The van der Waals surface area contributed by atoms with Gasteiger partial charge in [-0.15, -0.1) is 0 Å². The van der Waals surface area contributed by atoms with Gasteiger partial charge in [-0.1, -0.05) is 0 Å². The molecule has 10 heteroatoms. The van der Waals surface area contributed by atoms with E-state index in [9.17, 15) is 31.6 Å². The molecule has 1 aliphatic heterocycles. The highest BCUT2D eigenvalue weighted by Crippen LogP contribution is 2.26. The molecule has 0 fully saturated rings. The Balaban J connectivity index is 1.87. The van der Waals surface area contributed by atoms with Gasteiger partial charge in [0.2, 0.25) is 0 Å². The van der Waals surface area contributed by atoms with E-state index >= 15 is 0 Å². The molecular formula is C16H11F3N2O4S. The number of benzene rings is 1. The number of nitrogens with one attached hydrogen (secondary N) is 1. The van der Waals surface area contributed by atoms with Crippen LogP contribution in [0.1, 0.15) is 10.5 Å². The minimum atomic E-state index is -3.38. The van der Waals surface area contributed by atoms with Crippen LogP contribution in [-0.4, -0.2) is 26.1 Å². The summed E-state index contributed by atoms with van der Waals surface area (Å²) in [5.74, 6) is -4.66. The van der Waals surface area contributed by atoms with Crippen molar-refractivity contribution in [2.45, 2.75) is 6.04 Å². The van der Waals surface area contributed by atoms with E-state index in [1.54, 1.807) is 0 Å². The number of nitrogens with zero attached hydrogens (tertiary/aromatic N) is 1. The van der Waals surface area contributed by atoms with Crippen molar-refractivity contribution in [1.29, 1.82) is 0 Å². The van der Waals surface area contributed by atoms with Crippen LogP contribution in [0.2, 0.25) is 0 Å². The Labute approximate surface area is 146 Å². The molecule has 0 saturated carbocycles. The molecule has 1 atom stereocenters. The van der Waals surface area contributed by atoms with Crippen LogP contribution in [0, 0.1) is 22.7 Å². The van der Waals surface area contributed by atoms with Gasteiger partial charge < -0.3 is 10.5 Å². The van der Waals surface area contributed by atoms with Gasteiger partial charge >= 0.3 is 5.91 Å². The molecule has 0 saturated heterocycles. The normalized spacial score (nSPS) is 18.0. The average molecular weight is 384 g/mol. The first kappa shape index (κ1) is 17.9. The summed E-state index contributed by atoms with van der Waals surface area (Å²) >= 11 is 0. The second kappa shape index (κ2) is 6.45. The van der Waals surface area contributed by atoms with Crippen LogP contribution in [0.15, 0.2) is 41.9 Å². The van der Waals surface area contributed by atoms with Crippen LogP contribution < -0.4 is 10.0 Å². The van der Waals surface area contributed by atoms with Crippen LogP contribution in [0.4, 0.5) is 13.2 Å². The molecule has 0 radical (unpaired) electrons. The molecule has 0 aliphatic carbocycles. The van der Waals surface area contributed by atoms with Crippen molar-refractivity contribution in [2.24, 2.45) is 0 Å². The van der Waals surface area contributed by atoms with Crippen LogP contribution in [0.25, 0.3) is 11.1 Å². The lowest BCUT2D eigenvalue weighted by molar-refractivity contribution is -0.607. The van der Waals surface area contributed by atoms with Crippen molar-refractivity contribution in [3.05, 3.63) is 70.3 Å². The molecule has 2 aromatic rings. The van der Waals surface area contributed by atoms with E-state index in [4.69, 9.17) is 0 Å². The lowest BCUT2D eigenvalue weighted by Gasteiger charge is -2.11. The van der Waals surface area contributed by atoms with Crippen molar-refractivity contribution >= 4 is 15.7 Å². The molecule has 1 aromatic heterocycles. The summed E-state index contributed by atoms with van der Waals surface area (Å²) in [5.41, 5.74) is -1.18. The van der Waals surface area contributed by atoms with E-state index in [-0.39, 0.29) is 16.0 Å². The number of sulfone groups is 1. The van der Waals surface area contributed by atoms with Crippen LogP contribution in [0.5, 0.6) is 0 Å². The first-order valence-electron chi connectivity index (χ1n) is 7.26. The fourth-order valence-electron chi connectivity index (χ4n) is 2.53. The number of carbonyl (C=O) groups is 1. The minimum Gasteiger partial charge on any atom is -0.618 e. The summed E-state index contributed by atoms with van der Waals surface area (Å²) in [7, 11) is -3.38. The van der Waals surface area contributed by atoms with E-state index < -0.39 is 50.5 Å². The van der Waals surface area contributed by atoms with E-state index in [0.29, 0.717) is 12.1 Å².